The van der Waals surface area contributed by atoms with E-state index >= 15 is 0 Å². The predicted molar refractivity (Wildman–Crippen MR) is 271 cm³/mol. The minimum Gasteiger partial charge on any atom is -0.160 e. The molecule has 14 aromatic rings. The Bertz CT molecular complexity index is 3760. The molecule has 0 fully saturated rings. The molecule has 342 valence electrons. The molecule has 0 saturated heterocycles. The van der Waals surface area contributed by atoms with Gasteiger partial charge in [0.2, 0.25) is 0 Å². The summed E-state index contributed by atoms with van der Waals surface area (Å²) in [5.74, 6) is 0. The number of rotatable bonds is 6. The topological polar surface area (TPSA) is 184 Å². The first-order chi connectivity index (χ1) is 32.5. The summed E-state index contributed by atoms with van der Waals surface area (Å²) in [5.41, 5.74) is 11.7. The summed E-state index contributed by atoms with van der Waals surface area (Å²) in [6, 6.07) is 53.9. The van der Waals surface area contributed by atoms with Crippen molar-refractivity contribution in [2.24, 2.45) is 0 Å². The minimum absolute atomic E-state index is 0. The van der Waals surface area contributed by atoms with Crippen LogP contribution in [0.25, 0.3) is 87.7 Å². The lowest BCUT2D eigenvalue weighted by molar-refractivity contribution is 0.420. The quantitative estimate of drug-likeness (QED) is 0.154. The van der Waals surface area contributed by atoms with E-state index in [1.165, 1.54) is 5.56 Å². The normalized spacial score (nSPS) is 11.1. The highest BCUT2D eigenvalue weighted by atomic mass is 15.6. The van der Waals surface area contributed by atoms with E-state index in [4.69, 9.17) is 0 Å². The third-order valence-electron chi connectivity index (χ3n) is 11.0. The number of fused-ring (bicyclic) bond motifs is 10. The highest BCUT2D eigenvalue weighted by molar-refractivity contribution is 6.04. The summed E-state index contributed by atoms with van der Waals surface area (Å²) in [7, 11) is 0. The maximum atomic E-state index is 4.67. The van der Waals surface area contributed by atoms with Gasteiger partial charge < -0.3 is 0 Å². The number of hydrogen-bond acceptors (Lipinski definition) is 12. The molecule has 6 aromatic heterocycles. The lowest BCUT2D eigenvalue weighted by Crippen LogP contribution is -2.13. The van der Waals surface area contributed by atoms with Crippen molar-refractivity contribution in [3.05, 3.63) is 169 Å². The second-order valence-corrected chi connectivity index (χ2v) is 15.6. The van der Waals surface area contributed by atoms with Gasteiger partial charge in [0, 0.05) is 10.8 Å². The molecular formula is C51H48N18. The first-order valence-electron chi connectivity index (χ1n) is 21.2. The Hall–Kier alpha value is -9.32. The fraction of sp³-hybridized carbons (Fsp3) is 0.137. The molecule has 0 bridgehead atoms. The molecule has 0 aliphatic carbocycles. The van der Waals surface area contributed by atoms with Gasteiger partial charge in [0.25, 0.3) is 0 Å². The van der Waals surface area contributed by atoms with Crippen molar-refractivity contribution in [1.82, 2.24) is 90.0 Å². The summed E-state index contributed by atoms with van der Waals surface area (Å²) in [6.07, 6.45) is 0. The Morgan fingerprint density at radius 3 is 0.928 bits per heavy atom. The number of aryl methyl sites for hydroxylation is 1. The summed E-state index contributed by atoms with van der Waals surface area (Å²) >= 11 is 0. The minimum atomic E-state index is 0. The average Bonchev–Trinajstić information content (AvgIpc) is 4.21. The van der Waals surface area contributed by atoms with Crippen molar-refractivity contribution < 1.29 is 0 Å². The van der Waals surface area contributed by atoms with Gasteiger partial charge in [-0.05, 0) is 83.9 Å². The largest absolute Gasteiger partial charge is 0.172 e. The lowest BCUT2D eigenvalue weighted by Gasteiger charge is -1.97. The third-order valence-corrected chi connectivity index (χ3v) is 11.0. The van der Waals surface area contributed by atoms with Gasteiger partial charge in [-0.15, -0.1) is 0 Å². The zero-order chi connectivity index (χ0) is 44.0. The molecule has 14 rings (SSSR count). The van der Waals surface area contributed by atoms with Gasteiger partial charge >= 0.3 is 0 Å². The van der Waals surface area contributed by atoms with E-state index in [0.29, 0.717) is 20.0 Å². The number of hydrogen-bond donors (Lipinski definition) is 0. The molecule has 6 heterocycles. The van der Waals surface area contributed by atoms with Gasteiger partial charge in [0.05, 0.1) is 0 Å². The molecule has 0 N–H and O–H groups in total. The van der Waals surface area contributed by atoms with Gasteiger partial charge in [0.1, 0.15) is 66.2 Å². The van der Waals surface area contributed by atoms with E-state index in [0.717, 1.165) is 87.7 Å². The van der Waals surface area contributed by atoms with Crippen LogP contribution in [0.4, 0.5) is 0 Å². The van der Waals surface area contributed by atoms with Crippen molar-refractivity contribution in [2.45, 2.75) is 49.2 Å². The molecule has 0 aliphatic rings. The predicted octanol–water partition coefficient (Wildman–Crippen LogP) is 9.57. The summed E-state index contributed by atoms with van der Waals surface area (Å²) in [4.78, 5) is 9.73. The zero-order valence-electron chi connectivity index (χ0n) is 35.3. The van der Waals surface area contributed by atoms with Crippen molar-refractivity contribution >= 4 is 87.7 Å². The highest BCUT2D eigenvalue weighted by Crippen LogP contribution is 2.24. The van der Waals surface area contributed by atoms with Crippen LogP contribution in [0.2, 0.25) is 0 Å². The Balaban J connectivity index is 0.000000129. The molecule has 0 radical (unpaired) electrons. The third kappa shape index (κ3) is 9.01. The molecule has 0 saturated carbocycles. The number of nitrogens with zero attached hydrogens (tertiary/aromatic N) is 18. The van der Waals surface area contributed by atoms with Gasteiger partial charge in [-0.1, -0.05) is 125 Å². The smallest absolute Gasteiger partial charge is 0.160 e. The molecule has 0 atom stereocenters. The highest BCUT2D eigenvalue weighted by Gasteiger charge is 2.12. The van der Waals surface area contributed by atoms with Crippen molar-refractivity contribution in [2.75, 3.05) is 0 Å². The molecule has 18 heteroatoms. The molecule has 18 nitrogen and oxygen atoms in total. The average molecular weight is 913 g/mol. The standard InChI is InChI=1S/C21H14N6.C14H12N6.C13H10N6.3CH4/c1-3-7-16-14(5-1)9-11-18-20(16)24-26(22-18)13-27-23-19-12-10-15-6-2-4-8-17(15)21(19)25-27;1-10-6-7-13-14(8-10)18-20(17-13)9-19-15-11-4-2-3-5-12(11)16-19;1-2-6-11-10(5-1)14-18(15-11)9-19-16-12-7-3-4-8-13(12)17-19;;;/h1-12H,13H2;2-8H,9H2,1H3;1-8H,9H2;3*1H4. The first kappa shape index (κ1) is 44.9. The van der Waals surface area contributed by atoms with Crippen molar-refractivity contribution in [1.29, 1.82) is 0 Å². The van der Waals surface area contributed by atoms with Crippen LogP contribution in [-0.4, -0.2) is 90.0 Å². The maximum Gasteiger partial charge on any atom is 0.172 e. The van der Waals surface area contributed by atoms with Gasteiger partial charge in [0.15, 0.2) is 20.0 Å². The Kier molecular flexibility index (Phi) is 12.3. The summed E-state index contributed by atoms with van der Waals surface area (Å²) < 4.78 is 0. The Morgan fingerprint density at radius 2 is 0.551 bits per heavy atom. The fourth-order valence-corrected chi connectivity index (χ4v) is 7.88. The van der Waals surface area contributed by atoms with Gasteiger partial charge in [-0.25, -0.2) is 0 Å². The van der Waals surface area contributed by atoms with Crippen molar-refractivity contribution in [3.8, 4) is 0 Å². The van der Waals surface area contributed by atoms with E-state index < -0.39 is 0 Å². The van der Waals surface area contributed by atoms with E-state index in [9.17, 15) is 0 Å². The zero-order valence-corrected chi connectivity index (χ0v) is 35.3. The SMILES string of the molecule is C.C.C.Cc1ccc2nn(Cn3nc4ccccc4n3)nc2c1.c1ccc2c(c1)ccc1nn(Cn3nc4ccc5ccccc5c4n3)nc12.c1ccc2nn(Cn3nc4ccccc4n3)nc2c1. The van der Waals surface area contributed by atoms with Crippen LogP contribution in [0, 0.1) is 6.92 Å². The van der Waals surface area contributed by atoms with Crippen LogP contribution >= 0.6 is 0 Å². The maximum absolute atomic E-state index is 4.67. The Morgan fingerprint density at radius 1 is 0.275 bits per heavy atom. The van der Waals surface area contributed by atoms with Crippen LogP contribution in [0.5, 0.6) is 0 Å². The Labute approximate surface area is 395 Å². The van der Waals surface area contributed by atoms with Crippen LogP contribution in [0.3, 0.4) is 0 Å². The molecule has 0 unspecified atom stereocenters. The number of aromatic nitrogens is 18. The second-order valence-electron chi connectivity index (χ2n) is 15.6. The lowest BCUT2D eigenvalue weighted by atomic mass is 10.1. The summed E-state index contributed by atoms with van der Waals surface area (Å²) in [5, 5.41) is 58.3. The monoisotopic (exact) mass is 912 g/mol. The van der Waals surface area contributed by atoms with Crippen LogP contribution < -0.4 is 0 Å². The van der Waals surface area contributed by atoms with Crippen molar-refractivity contribution in [3.63, 3.8) is 0 Å². The first-order valence-corrected chi connectivity index (χ1v) is 21.2. The molecule has 0 spiro atoms. The van der Waals surface area contributed by atoms with E-state index in [1.54, 1.807) is 28.8 Å². The van der Waals surface area contributed by atoms with Crippen LogP contribution in [0.15, 0.2) is 164 Å². The van der Waals surface area contributed by atoms with Gasteiger partial charge in [-0.3, -0.25) is 0 Å². The number of benzene rings is 8. The van der Waals surface area contributed by atoms with E-state index in [1.807, 2.05) is 134 Å². The second kappa shape index (κ2) is 18.9. The molecular weight excluding hydrogens is 865 g/mol. The molecule has 0 aliphatic heterocycles. The molecule has 8 aromatic carbocycles. The molecule has 0 amide bonds. The van der Waals surface area contributed by atoms with E-state index in [-0.39, 0.29) is 22.3 Å². The van der Waals surface area contributed by atoms with Crippen LogP contribution in [0.1, 0.15) is 27.8 Å². The van der Waals surface area contributed by atoms with Crippen LogP contribution in [-0.2, 0) is 20.0 Å². The van der Waals surface area contributed by atoms with E-state index in [2.05, 4.69) is 97.6 Å². The van der Waals surface area contributed by atoms with Gasteiger partial charge in [-0.2, -0.15) is 90.0 Å². The fourth-order valence-electron chi connectivity index (χ4n) is 7.88. The summed E-state index contributed by atoms with van der Waals surface area (Å²) in [6.45, 7) is 3.22. The molecule has 69 heavy (non-hydrogen) atoms.